The lowest BCUT2D eigenvalue weighted by Crippen LogP contribution is -2.44. The molecule has 7 nitrogen and oxygen atoms in total. The molecule has 0 aliphatic heterocycles. The molecule has 39 heavy (non-hydrogen) atoms. The third-order valence-corrected chi connectivity index (χ3v) is 8.12. The fourth-order valence-corrected chi connectivity index (χ4v) is 5.71. The van der Waals surface area contributed by atoms with Crippen LogP contribution in [0, 0.1) is 5.92 Å². The van der Waals surface area contributed by atoms with Crippen molar-refractivity contribution >= 4 is 63.5 Å². The maximum absolute atomic E-state index is 14.0. The van der Waals surface area contributed by atoms with Crippen LogP contribution < -0.4 is 5.32 Å². The van der Waals surface area contributed by atoms with Crippen LogP contribution in [0.4, 0.5) is 0 Å². The Morgan fingerprint density at radius 3 is 2.46 bits per heavy atom. The van der Waals surface area contributed by atoms with Crippen molar-refractivity contribution in [1.29, 1.82) is 0 Å². The van der Waals surface area contributed by atoms with Crippen LogP contribution in [0.1, 0.15) is 73.6 Å². The summed E-state index contributed by atoms with van der Waals surface area (Å²) in [6, 6.07) is 9.04. The van der Waals surface area contributed by atoms with Crippen molar-refractivity contribution in [3.05, 3.63) is 68.3 Å². The van der Waals surface area contributed by atoms with E-state index in [2.05, 4.69) is 10.3 Å². The molecule has 0 radical (unpaired) electrons. The zero-order chi connectivity index (χ0) is 28.1. The van der Waals surface area contributed by atoms with Gasteiger partial charge in [0.2, 0.25) is 11.8 Å². The SMILES string of the molecule is CCOC(=O)c1[nH]c2cc(Cl)ccc2c1C(C(=O)NCC1CCCCC1)N(Cc1ccc(Cl)c(Cl)c1)C(C)=O. The van der Waals surface area contributed by atoms with E-state index in [1.54, 1.807) is 43.3 Å². The fourth-order valence-electron chi connectivity index (χ4n) is 5.22. The molecule has 0 saturated heterocycles. The number of rotatable bonds is 9. The van der Waals surface area contributed by atoms with Crippen LogP contribution in [-0.2, 0) is 20.9 Å². The first-order valence-corrected chi connectivity index (χ1v) is 14.3. The maximum Gasteiger partial charge on any atom is 0.355 e. The van der Waals surface area contributed by atoms with E-state index in [1.807, 2.05) is 0 Å². The molecule has 1 unspecified atom stereocenters. The summed E-state index contributed by atoms with van der Waals surface area (Å²) in [7, 11) is 0. The van der Waals surface area contributed by atoms with Crippen molar-refractivity contribution in [2.45, 2.75) is 58.5 Å². The Morgan fingerprint density at radius 2 is 1.79 bits per heavy atom. The average Bonchev–Trinajstić information content (AvgIpc) is 3.28. The van der Waals surface area contributed by atoms with E-state index >= 15 is 0 Å². The van der Waals surface area contributed by atoms with Gasteiger partial charge in [0.05, 0.1) is 16.7 Å². The number of aromatic amines is 1. The third-order valence-electron chi connectivity index (χ3n) is 7.14. The molecule has 2 aromatic carbocycles. The van der Waals surface area contributed by atoms with E-state index in [4.69, 9.17) is 39.5 Å². The third kappa shape index (κ3) is 6.89. The van der Waals surface area contributed by atoms with Crippen molar-refractivity contribution in [1.82, 2.24) is 15.2 Å². The summed E-state index contributed by atoms with van der Waals surface area (Å²) in [6.07, 6.45) is 5.57. The van der Waals surface area contributed by atoms with Gasteiger partial charge in [-0.25, -0.2) is 4.79 Å². The van der Waals surface area contributed by atoms with E-state index in [9.17, 15) is 14.4 Å². The predicted molar refractivity (Wildman–Crippen MR) is 154 cm³/mol. The quantitative estimate of drug-likeness (QED) is 0.260. The summed E-state index contributed by atoms with van der Waals surface area (Å²) in [6.45, 7) is 3.81. The van der Waals surface area contributed by atoms with Gasteiger partial charge in [-0.05, 0) is 55.5 Å². The lowest BCUT2D eigenvalue weighted by atomic mass is 9.89. The Morgan fingerprint density at radius 1 is 1.05 bits per heavy atom. The first-order chi connectivity index (χ1) is 18.7. The summed E-state index contributed by atoms with van der Waals surface area (Å²) in [5, 5.41) is 4.87. The van der Waals surface area contributed by atoms with Crippen molar-refractivity contribution in [3.8, 4) is 0 Å². The highest BCUT2D eigenvalue weighted by atomic mass is 35.5. The zero-order valence-corrected chi connectivity index (χ0v) is 24.3. The number of nitrogens with one attached hydrogen (secondary N) is 2. The number of esters is 1. The van der Waals surface area contributed by atoms with Gasteiger partial charge in [-0.2, -0.15) is 0 Å². The van der Waals surface area contributed by atoms with Gasteiger partial charge >= 0.3 is 5.97 Å². The van der Waals surface area contributed by atoms with E-state index < -0.39 is 12.0 Å². The average molecular weight is 593 g/mol. The minimum Gasteiger partial charge on any atom is -0.461 e. The molecule has 3 aromatic rings. The minimum absolute atomic E-state index is 0.0657. The molecule has 208 valence electrons. The van der Waals surface area contributed by atoms with Crippen LogP contribution in [0.15, 0.2) is 36.4 Å². The number of hydrogen-bond donors (Lipinski definition) is 2. The number of aromatic nitrogens is 1. The van der Waals surface area contributed by atoms with Gasteiger partial charge in [0.1, 0.15) is 11.7 Å². The van der Waals surface area contributed by atoms with E-state index in [1.165, 1.54) is 18.2 Å². The van der Waals surface area contributed by atoms with Gasteiger partial charge < -0.3 is 19.9 Å². The topological polar surface area (TPSA) is 91.5 Å². The maximum atomic E-state index is 14.0. The number of halogens is 3. The Hall–Kier alpha value is -2.74. The minimum atomic E-state index is -1.13. The number of ether oxygens (including phenoxy) is 1. The highest BCUT2D eigenvalue weighted by Gasteiger charge is 2.36. The van der Waals surface area contributed by atoms with E-state index in [0.717, 1.165) is 25.7 Å². The molecule has 1 saturated carbocycles. The molecule has 4 rings (SSSR count). The number of carbonyl (C=O) groups excluding carboxylic acids is 3. The summed E-state index contributed by atoms with van der Waals surface area (Å²) >= 11 is 18.6. The Bertz CT molecular complexity index is 1370. The first-order valence-electron chi connectivity index (χ1n) is 13.2. The number of carbonyl (C=O) groups is 3. The van der Waals surface area contributed by atoms with Gasteiger partial charge in [-0.15, -0.1) is 0 Å². The molecule has 0 bridgehead atoms. The predicted octanol–water partition coefficient (Wildman–Crippen LogP) is 7.09. The van der Waals surface area contributed by atoms with E-state index in [0.29, 0.717) is 49.6 Å². The summed E-state index contributed by atoms with van der Waals surface area (Å²) < 4.78 is 5.33. The molecular weight excluding hydrogens is 561 g/mol. The highest BCUT2D eigenvalue weighted by molar-refractivity contribution is 6.42. The lowest BCUT2D eigenvalue weighted by Gasteiger charge is -2.32. The van der Waals surface area contributed by atoms with Crippen molar-refractivity contribution < 1.29 is 19.1 Å². The van der Waals surface area contributed by atoms with Gasteiger partial charge in [0.15, 0.2) is 0 Å². The monoisotopic (exact) mass is 591 g/mol. The first kappa shape index (κ1) is 29.2. The van der Waals surface area contributed by atoms with Crippen LogP contribution in [0.5, 0.6) is 0 Å². The second kappa shape index (κ2) is 13.1. The van der Waals surface area contributed by atoms with Crippen LogP contribution in [0.3, 0.4) is 0 Å². The number of nitrogens with zero attached hydrogens (tertiary/aromatic N) is 1. The van der Waals surface area contributed by atoms with Crippen molar-refractivity contribution in [3.63, 3.8) is 0 Å². The second-order valence-corrected chi connectivity index (χ2v) is 11.1. The Labute approximate surface area is 243 Å². The Kier molecular flexibility index (Phi) is 9.81. The molecule has 1 aliphatic rings. The second-order valence-electron chi connectivity index (χ2n) is 9.87. The smallest absolute Gasteiger partial charge is 0.355 e. The molecule has 1 atom stereocenters. The normalized spacial score (nSPS) is 14.7. The zero-order valence-electron chi connectivity index (χ0n) is 22.0. The fraction of sp³-hybridized carbons (Fsp3) is 0.414. The molecule has 1 heterocycles. The van der Waals surface area contributed by atoms with Crippen LogP contribution in [-0.4, -0.2) is 40.8 Å². The lowest BCUT2D eigenvalue weighted by molar-refractivity contribution is -0.140. The number of benzene rings is 2. The van der Waals surface area contributed by atoms with Crippen molar-refractivity contribution in [2.24, 2.45) is 5.92 Å². The molecule has 0 spiro atoms. The van der Waals surface area contributed by atoms with Gasteiger partial charge in [0.25, 0.3) is 0 Å². The number of amides is 2. The summed E-state index contributed by atoms with van der Waals surface area (Å²) in [5.74, 6) is -0.979. The molecule has 1 aliphatic carbocycles. The Balaban J connectivity index is 1.82. The highest BCUT2D eigenvalue weighted by Crippen LogP contribution is 2.36. The van der Waals surface area contributed by atoms with Gasteiger partial charge in [-0.3, -0.25) is 9.59 Å². The van der Waals surface area contributed by atoms with Gasteiger partial charge in [-0.1, -0.05) is 66.2 Å². The summed E-state index contributed by atoms with van der Waals surface area (Å²) in [5.41, 5.74) is 1.71. The summed E-state index contributed by atoms with van der Waals surface area (Å²) in [4.78, 5) is 44.9. The number of fused-ring (bicyclic) bond motifs is 1. The molecule has 1 fully saturated rings. The molecule has 2 N–H and O–H groups in total. The molecular formula is C29H32Cl3N3O4. The number of hydrogen-bond acceptors (Lipinski definition) is 4. The van der Waals surface area contributed by atoms with Crippen molar-refractivity contribution in [2.75, 3.05) is 13.2 Å². The molecule has 1 aromatic heterocycles. The standard InChI is InChI=1S/C29H32Cl3N3O4/c1-3-39-29(38)26-25(21-11-10-20(30)14-24(21)34-26)27(28(37)33-15-18-7-5-4-6-8-18)35(17(2)36)16-19-9-12-22(31)23(32)13-19/h9-14,18,27,34H,3-8,15-16H2,1-2H3,(H,33,37). The molecule has 10 heteroatoms. The van der Waals surface area contributed by atoms with Crippen LogP contribution >= 0.6 is 34.8 Å². The van der Waals surface area contributed by atoms with Gasteiger partial charge in [0, 0.05) is 41.5 Å². The van der Waals surface area contributed by atoms with Crippen LogP contribution in [0.25, 0.3) is 10.9 Å². The van der Waals surface area contributed by atoms with Crippen LogP contribution in [0.2, 0.25) is 15.1 Å². The largest absolute Gasteiger partial charge is 0.461 e. The van der Waals surface area contributed by atoms with E-state index in [-0.39, 0.29) is 30.7 Å². The number of H-pyrrole nitrogens is 1. The molecule has 2 amide bonds.